The molecular formula is C16H17NO. The Morgan fingerprint density at radius 2 is 1.61 bits per heavy atom. The van der Waals surface area contributed by atoms with Gasteiger partial charge in [-0.1, -0.05) is 72.7 Å². The summed E-state index contributed by atoms with van der Waals surface area (Å²) in [6, 6.07) is 20.3. The van der Waals surface area contributed by atoms with Gasteiger partial charge in [-0.3, -0.25) is 0 Å². The molecule has 0 amide bonds. The summed E-state index contributed by atoms with van der Waals surface area (Å²) >= 11 is 0. The molecule has 0 radical (unpaired) electrons. The summed E-state index contributed by atoms with van der Waals surface area (Å²) in [7, 11) is 0. The highest BCUT2D eigenvalue weighted by Gasteiger charge is 2.00. The Morgan fingerprint density at radius 1 is 1.00 bits per heavy atom. The third-order valence-corrected chi connectivity index (χ3v) is 2.76. The maximum absolute atomic E-state index is 5.28. The fourth-order valence-corrected chi connectivity index (χ4v) is 1.66. The molecule has 0 aromatic heterocycles. The van der Waals surface area contributed by atoms with Crippen LogP contribution in [0.25, 0.3) is 0 Å². The topological polar surface area (TPSA) is 21.6 Å². The van der Waals surface area contributed by atoms with E-state index in [2.05, 4.69) is 24.2 Å². The monoisotopic (exact) mass is 239 g/mol. The first-order valence-corrected chi connectivity index (χ1v) is 6.10. The molecule has 0 N–H and O–H groups in total. The smallest absolute Gasteiger partial charge is 0.142 e. The number of rotatable bonds is 5. The summed E-state index contributed by atoms with van der Waals surface area (Å²) in [5.41, 5.74) is 2.37. The molecule has 0 heterocycles. The lowest BCUT2D eigenvalue weighted by Crippen LogP contribution is -1.95. The Labute approximate surface area is 108 Å². The van der Waals surface area contributed by atoms with Crippen molar-refractivity contribution in [2.45, 2.75) is 19.4 Å². The number of nitrogens with zero attached hydrogens (tertiary/aromatic N) is 1. The molecule has 2 heteroatoms. The number of hydrogen-bond donors (Lipinski definition) is 0. The fourth-order valence-electron chi connectivity index (χ4n) is 1.66. The molecular weight excluding hydrogens is 222 g/mol. The van der Waals surface area contributed by atoms with Gasteiger partial charge in [-0.15, -0.1) is 0 Å². The van der Waals surface area contributed by atoms with Gasteiger partial charge in [0.25, 0.3) is 0 Å². The van der Waals surface area contributed by atoms with Gasteiger partial charge < -0.3 is 4.84 Å². The van der Waals surface area contributed by atoms with Crippen molar-refractivity contribution < 1.29 is 4.84 Å². The lowest BCUT2D eigenvalue weighted by molar-refractivity contribution is 0.131. The van der Waals surface area contributed by atoms with Gasteiger partial charge in [0.1, 0.15) is 6.61 Å². The van der Waals surface area contributed by atoms with E-state index in [1.54, 1.807) is 0 Å². The molecule has 0 fully saturated rings. The number of oxime groups is 1. The van der Waals surface area contributed by atoms with Crippen molar-refractivity contribution in [3.63, 3.8) is 0 Å². The van der Waals surface area contributed by atoms with Crippen molar-refractivity contribution in [3.8, 4) is 0 Å². The summed E-state index contributed by atoms with van der Waals surface area (Å²) in [5.74, 6) is 0.266. The van der Waals surface area contributed by atoms with Crippen LogP contribution in [-0.2, 0) is 11.4 Å². The molecule has 92 valence electrons. The third-order valence-electron chi connectivity index (χ3n) is 2.76. The highest BCUT2D eigenvalue weighted by atomic mass is 16.6. The second-order valence-electron chi connectivity index (χ2n) is 4.21. The van der Waals surface area contributed by atoms with Crippen molar-refractivity contribution >= 4 is 6.21 Å². The van der Waals surface area contributed by atoms with Crippen molar-refractivity contribution in [1.82, 2.24) is 0 Å². The van der Waals surface area contributed by atoms with E-state index in [0.717, 1.165) is 5.56 Å². The maximum Gasteiger partial charge on any atom is 0.142 e. The van der Waals surface area contributed by atoms with Gasteiger partial charge in [0.05, 0.1) is 6.21 Å². The van der Waals surface area contributed by atoms with Crippen LogP contribution < -0.4 is 0 Å². The van der Waals surface area contributed by atoms with Crippen LogP contribution in [0.15, 0.2) is 65.8 Å². The van der Waals surface area contributed by atoms with Crippen molar-refractivity contribution in [1.29, 1.82) is 0 Å². The second-order valence-corrected chi connectivity index (χ2v) is 4.21. The van der Waals surface area contributed by atoms with Gasteiger partial charge in [-0.25, -0.2) is 0 Å². The molecule has 0 bridgehead atoms. The van der Waals surface area contributed by atoms with Gasteiger partial charge in [0, 0.05) is 5.92 Å². The van der Waals surface area contributed by atoms with Gasteiger partial charge in [0.15, 0.2) is 0 Å². The zero-order chi connectivity index (χ0) is 12.6. The fraction of sp³-hybridized carbons (Fsp3) is 0.188. The average molecular weight is 239 g/mol. The summed E-state index contributed by atoms with van der Waals surface area (Å²) < 4.78 is 0. The lowest BCUT2D eigenvalue weighted by atomic mass is 10.0. The molecule has 2 aromatic carbocycles. The lowest BCUT2D eigenvalue weighted by Gasteiger charge is -2.05. The normalized spacial score (nSPS) is 12.5. The van der Waals surface area contributed by atoms with E-state index in [-0.39, 0.29) is 5.92 Å². The van der Waals surface area contributed by atoms with Gasteiger partial charge in [0.2, 0.25) is 0 Å². The summed E-state index contributed by atoms with van der Waals surface area (Å²) in [4.78, 5) is 5.28. The first-order valence-electron chi connectivity index (χ1n) is 6.10. The molecule has 0 saturated heterocycles. The molecule has 0 saturated carbocycles. The Hall–Kier alpha value is -2.09. The van der Waals surface area contributed by atoms with Crippen LogP contribution in [0.3, 0.4) is 0 Å². The molecule has 18 heavy (non-hydrogen) atoms. The SMILES string of the molecule is CC(/C=N/OCc1ccccc1)c1ccccc1. The van der Waals surface area contributed by atoms with Crippen LogP contribution in [0.1, 0.15) is 24.0 Å². The molecule has 0 aliphatic rings. The third kappa shape index (κ3) is 3.74. The van der Waals surface area contributed by atoms with E-state index in [4.69, 9.17) is 4.84 Å². The van der Waals surface area contributed by atoms with Gasteiger partial charge in [-0.2, -0.15) is 0 Å². The highest BCUT2D eigenvalue weighted by Crippen LogP contribution is 2.12. The molecule has 0 aliphatic heterocycles. The highest BCUT2D eigenvalue weighted by molar-refractivity contribution is 5.66. The van der Waals surface area contributed by atoms with E-state index in [0.29, 0.717) is 6.61 Å². The maximum atomic E-state index is 5.28. The summed E-state index contributed by atoms with van der Waals surface area (Å²) in [6.07, 6.45) is 1.83. The van der Waals surface area contributed by atoms with E-state index >= 15 is 0 Å². The van der Waals surface area contributed by atoms with Crippen LogP contribution >= 0.6 is 0 Å². The minimum Gasteiger partial charge on any atom is -0.391 e. The predicted molar refractivity (Wildman–Crippen MR) is 74.6 cm³/mol. The van der Waals surface area contributed by atoms with E-state index in [1.165, 1.54) is 5.56 Å². The Kier molecular flexibility index (Phi) is 4.53. The first-order chi connectivity index (χ1) is 8.86. The molecule has 1 atom stereocenters. The molecule has 1 unspecified atom stereocenters. The molecule has 2 nitrogen and oxygen atoms in total. The van der Waals surface area contributed by atoms with Gasteiger partial charge in [-0.05, 0) is 11.1 Å². The average Bonchev–Trinajstić information content (AvgIpc) is 2.45. The van der Waals surface area contributed by atoms with Crippen molar-refractivity contribution in [2.75, 3.05) is 0 Å². The van der Waals surface area contributed by atoms with Crippen molar-refractivity contribution in [3.05, 3.63) is 71.8 Å². The Bertz CT molecular complexity index is 479. The standard InChI is InChI=1S/C16H17NO/c1-14(16-10-6-3-7-11-16)12-17-18-13-15-8-4-2-5-9-15/h2-12,14H,13H2,1H3/b17-12+. The zero-order valence-corrected chi connectivity index (χ0v) is 10.5. The molecule has 0 spiro atoms. The van der Waals surface area contributed by atoms with Gasteiger partial charge >= 0.3 is 0 Å². The van der Waals surface area contributed by atoms with Crippen LogP contribution in [0.2, 0.25) is 0 Å². The summed E-state index contributed by atoms with van der Waals surface area (Å²) in [6.45, 7) is 2.61. The first kappa shape index (κ1) is 12.4. The molecule has 2 aromatic rings. The number of hydrogen-bond acceptors (Lipinski definition) is 2. The Morgan fingerprint density at radius 3 is 2.28 bits per heavy atom. The van der Waals surface area contributed by atoms with E-state index in [9.17, 15) is 0 Å². The van der Waals surface area contributed by atoms with Crippen LogP contribution in [0.5, 0.6) is 0 Å². The quantitative estimate of drug-likeness (QED) is 0.571. The minimum atomic E-state index is 0.266. The Balaban J connectivity index is 1.82. The van der Waals surface area contributed by atoms with Crippen LogP contribution in [0.4, 0.5) is 0 Å². The zero-order valence-electron chi connectivity index (χ0n) is 10.5. The van der Waals surface area contributed by atoms with Crippen LogP contribution in [-0.4, -0.2) is 6.21 Å². The van der Waals surface area contributed by atoms with E-state index in [1.807, 2.05) is 54.7 Å². The molecule has 0 aliphatic carbocycles. The second kappa shape index (κ2) is 6.60. The minimum absolute atomic E-state index is 0.266. The summed E-state index contributed by atoms with van der Waals surface area (Å²) in [5, 5.41) is 4.02. The molecule has 2 rings (SSSR count). The van der Waals surface area contributed by atoms with Crippen LogP contribution in [0, 0.1) is 0 Å². The largest absolute Gasteiger partial charge is 0.391 e. The predicted octanol–water partition coefficient (Wildman–Crippen LogP) is 3.99. The van der Waals surface area contributed by atoms with Crippen molar-refractivity contribution in [2.24, 2.45) is 5.16 Å². The van der Waals surface area contributed by atoms with E-state index < -0.39 is 0 Å². The number of benzene rings is 2.